The van der Waals surface area contributed by atoms with Crippen LogP contribution in [0.1, 0.15) is 65.4 Å². The minimum atomic E-state index is -0.361. The van der Waals surface area contributed by atoms with E-state index in [4.69, 9.17) is 12.2 Å². The molecular formula is C31H41IN4O4S2. The molecule has 2 N–H and O–H groups in total. The van der Waals surface area contributed by atoms with Crippen molar-refractivity contribution in [1.82, 2.24) is 15.1 Å². The summed E-state index contributed by atoms with van der Waals surface area (Å²) in [6, 6.07) is 5.92. The lowest BCUT2D eigenvalue weighted by Gasteiger charge is -2.36. The fraction of sp³-hybridized carbons (Fsp3) is 0.484. The van der Waals surface area contributed by atoms with Crippen molar-refractivity contribution in [2.24, 2.45) is 0 Å². The van der Waals surface area contributed by atoms with E-state index < -0.39 is 0 Å². The van der Waals surface area contributed by atoms with Gasteiger partial charge in [0.15, 0.2) is 5.11 Å². The molecular weight excluding hydrogens is 683 g/mol. The quantitative estimate of drug-likeness (QED) is 0.0449. The number of nitrogens with zero attached hydrogens (tertiary/aromatic N) is 3. The van der Waals surface area contributed by atoms with Crippen molar-refractivity contribution < 1.29 is 18.9 Å². The van der Waals surface area contributed by atoms with Gasteiger partial charge in [0.25, 0.3) is 11.8 Å². The molecule has 1 fully saturated rings. The summed E-state index contributed by atoms with van der Waals surface area (Å²) in [5.74, 6) is -0.675. The standard InChI is InChI=1S/C31H41IN4O4S2/c1-5-7-17-35-28(38)23(29(39)36(30(35)41)18-8-6-2)12-9-10-13-26-31(3,4)24-20-22(42-40)14-15-25(24)34(26)19-11-16-33-27(37)21-32/h9-10,12-15,20,40H,5-8,11,16-19,21H2,1-4H3,(H,33,37)/b10-9+,26-13+. The summed E-state index contributed by atoms with van der Waals surface area (Å²) < 4.78 is 10.1. The van der Waals surface area contributed by atoms with E-state index >= 15 is 0 Å². The number of alkyl halides is 1. The zero-order chi connectivity index (χ0) is 30.9. The van der Waals surface area contributed by atoms with Crippen LogP contribution in [0.4, 0.5) is 5.69 Å². The Balaban J connectivity index is 1.91. The first-order valence-electron chi connectivity index (χ1n) is 14.4. The van der Waals surface area contributed by atoms with Crippen LogP contribution in [0.15, 0.2) is 58.7 Å². The average Bonchev–Trinajstić information content (AvgIpc) is 3.19. The number of halogens is 1. The molecule has 3 rings (SSSR count). The molecule has 0 unspecified atom stereocenters. The molecule has 2 aliphatic rings. The van der Waals surface area contributed by atoms with Crippen molar-refractivity contribution in [3.05, 3.63) is 59.3 Å². The highest BCUT2D eigenvalue weighted by molar-refractivity contribution is 14.1. The largest absolute Gasteiger partial charge is 0.355 e. The number of allylic oxidation sites excluding steroid dienone is 5. The van der Waals surface area contributed by atoms with Gasteiger partial charge in [-0.2, -0.15) is 0 Å². The van der Waals surface area contributed by atoms with Gasteiger partial charge in [0.2, 0.25) is 5.91 Å². The molecule has 0 atom stereocenters. The number of amides is 3. The highest BCUT2D eigenvalue weighted by atomic mass is 127. The van der Waals surface area contributed by atoms with Crippen molar-refractivity contribution in [1.29, 1.82) is 0 Å². The normalized spacial score (nSPS) is 17.6. The fourth-order valence-corrected chi connectivity index (χ4v) is 6.05. The lowest BCUT2D eigenvalue weighted by Crippen LogP contribution is -2.56. The Morgan fingerprint density at radius 3 is 2.17 bits per heavy atom. The summed E-state index contributed by atoms with van der Waals surface area (Å²) in [6.45, 7) is 10.6. The summed E-state index contributed by atoms with van der Waals surface area (Å²) in [4.78, 5) is 44.5. The summed E-state index contributed by atoms with van der Waals surface area (Å²) in [5, 5.41) is 3.23. The van der Waals surface area contributed by atoms with Crippen LogP contribution < -0.4 is 10.2 Å². The highest BCUT2D eigenvalue weighted by Gasteiger charge is 2.40. The number of hydrogen-bond acceptors (Lipinski definition) is 7. The van der Waals surface area contributed by atoms with Crippen LogP contribution in [0.2, 0.25) is 0 Å². The number of unbranched alkanes of at least 4 members (excludes halogenated alkanes) is 2. The monoisotopic (exact) mass is 724 g/mol. The number of hydrogen-bond donors (Lipinski definition) is 2. The Kier molecular flexibility index (Phi) is 13.1. The van der Waals surface area contributed by atoms with Crippen LogP contribution in [0.25, 0.3) is 0 Å². The molecule has 0 spiro atoms. The van der Waals surface area contributed by atoms with Gasteiger partial charge in [0, 0.05) is 59.9 Å². The van der Waals surface area contributed by atoms with Gasteiger partial charge >= 0.3 is 0 Å². The van der Waals surface area contributed by atoms with E-state index in [1.807, 2.05) is 52.9 Å². The number of benzene rings is 1. The molecule has 0 aliphatic carbocycles. The fourth-order valence-electron chi connectivity index (χ4n) is 5.13. The van der Waals surface area contributed by atoms with Gasteiger partial charge < -0.3 is 14.8 Å². The number of fused-ring (bicyclic) bond motifs is 1. The molecule has 0 radical (unpaired) electrons. The number of nitrogens with one attached hydrogen (secondary N) is 1. The zero-order valence-corrected chi connectivity index (χ0v) is 28.6. The van der Waals surface area contributed by atoms with Gasteiger partial charge in [-0.1, -0.05) is 75.3 Å². The maximum absolute atomic E-state index is 13.3. The molecule has 3 amide bonds. The third kappa shape index (κ3) is 7.83. The number of carbonyl (C=O) groups is 3. The molecule has 1 aromatic rings. The van der Waals surface area contributed by atoms with Gasteiger partial charge in [-0.3, -0.25) is 24.2 Å². The van der Waals surface area contributed by atoms with Crippen molar-refractivity contribution in [2.45, 2.75) is 70.1 Å². The van der Waals surface area contributed by atoms with Crippen LogP contribution in [-0.2, 0) is 19.8 Å². The van der Waals surface area contributed by atoms with E-state index in [0.717, 1.165) is 66.0 Å². The Bertz CT molecular complexity index is 1250. The summed E-state index contributed by atoms with van der Waals surface area (Å²) in [7, 11) is 0. The number of thiocarbonyl (C=S) groups is 1. The summed E-state index contributed by atoms with van der Waals surface area (Å²) in [6.07, 6.45) is 11.4. The van der Waals surface area contributed by atoms with Crippen LogP contribution in [0, 0.1) is 0 Å². The predicted octanol–water partition coefficient (Wildman–Crippen LogP) is 6.21. The average molecular weight is 725 g/mol. The maximum Gasteiger partial charge on any atom is 0.265 e. The molecule has 1 saturated heterocycles. The van der Waals surface area contributed by atoms with Gasteiger partial charge in [0.05, 0.1) is 4.43 Å². The first-order valence-corrected chi connectivity index (χ1v) is 17.2. The minimum absolute atomic E-state index is 0.0168. The number of carbonyl (C=O) groups excluding carboxylic acids is 3. The van der Waals surface area contributed by atoms with Crippen molar-refractivity contribution in [3.63, 3.8) is 0 Å². The van der Waals surface area contributed by atoms with E-state index in [0.29, 0.717) is 35.7 Å². The molecule has 0 saturated carbocycles. The smallest absolute Gasteiger partial charge is 0.265 e. The second-order valence-electron chi connectivity index (χ2n) is 10.8. The van der Waals surface area contributed by atoms with E-state index in [9.17, 15) is 18.9 Å². The first-order chi connectivity index (χ1) is 20.1. The van der Waals surface area contributed by atoms with E-state index in [1.165, 1.54) is 0 Å². The summed E-state index contributed by atoms with van der Waals surface area (Å²) >= 11 is 8.33. The SMILES string of the molecule is CCCCN1C(=O)C(=C/C=C/C=C2/N(CCCNC(=O)CI)c3ccc(SO)cc3C2(C)C)C(=O)N(CCCC)C1=S. The lowest BCUT2D eigenvalue weighted by atomic mass is 9.83. The van der Waals surface area contributed by atoms with Crippen molar-refractivity contribution in [3.8, 4) is 0 Å². The molecule has 1 aromatic carbocycles. The van der Waals surface area contributed by atoms with Crippen LogP contribution in [-0.4, -0.2) is 67.8 Å². The molecule has 11 heteroatoms. The lowest BCUT2D eigenvalue weighted by molar-refractivity contribution is -0.134. The molecule has 2 aliphatic heterocycles. The molecule has 2 heterocycles. The number of anilines is 1. The molecule has 42 heavy (non-hydrogen) atoms. The second kappa shape index (κ2) is 16.0. The van der Waals surface area contributed by atoms with Crippen molar-refractivity contribution >= 4 is 75.4 Å². The first kappa shape index (κ1) is 34.3. The van der Waals surface area contributed by atoms with E-state index in [2.05, 4.69) is 37.9 Å². The van der Waals surface area contributed by atoms with Crippen LogP contribution in [0.3, 0.4) is 0 Å². The van der Waals surface area contributed by atoms with Gasteiger partial charge in [0.1, 0.15) is 5.57 Å². The van der Waals surface area contributed by atoms with Crippen LogP contribution >= 0.6 is 46.9 Å². The minimum Gasteiger partial charge on any atom is -0.355 e. The van der Waals surface area contributed by atoms with Crippen LogP contribution in [0.5, 0.6) is 0 Å². The predicted molar refractivity (Wildman–Crippen MR) is 183 cm³/mol. The topological polar surface area (TPSA) is 93.2 Å². The maximum atomic E-state index is 13.3. The Morgan fingerprint density at radius 1 is 1.00 bits per heavy atom. The molecule has 8 nitrogen and oxygen atoms in total. The Labute approximate surface area is 273 Å². The molecule has 0 aromatic heterocycles. The Hall–Kier alpha value is -2.22. The second-order valence-corrected chi connectivity index (χ2v) is 12.6. The third-order valence-corrected chi connectivity index (χ3v) is 9.08. The van der Waals surface area contributed by atoms with Crippen molar-refractivity contribution in [2.75, 3.05) is 35.5 Å². The molecule has 0 bridgehead atoms. The van der Waals surface area contributed by atoms with Gasteiger partial charge in [-0.15, -0.1) is 0 Å². The van der Waals surface area contributed by atoms with Gasteiger partial charge in [-0.05, 0) is 67.4 Å². The zero-order valence-electron chi connectivity index (χ0n) is 24.8. The Morgan fingerprint density at radius 2 is 1.60 bits per heavy atom. The van der Waals surface area contributed by atoms with E-state index in [1.54, 1.807) is 22.0 Å². The highest BCUT2D eigenvalue weighted by Crippen LogP contribution is 2.48. The van der Waals surface area contributed by atoms with E-state index in [-0.39, 0.29) is 28.7 Å². The number of rotatable bonds is 14. The van der Waals surface area contributed by atoms with Gasteiger partial charge in [-0.25, -0.2) is 0 Å². The third-order valence-electron chi connectivity index (χ3n) is 7.48. The summed E-state index contributed by atoms with van der Waals surface area (Å²) in [5.41, 5.74) is 2.96. The molecule has 228 valence electrons.